The molecule has 1 aliphatic heterocycles. The molecule has 5 heteroatoms. The van der Waals surface area contributed by atoms with E-state index in [0.717, 1.165) is 52.2 Å². The van der Waals surface area contributed by atoms with Gasteiger partial charge >= 0.3 is 0 Å². The van der Waals surface area contributed by atoms with Crippen LogP contribution in [0.4, 0.5) is 0 Å². The van der Waals surface area contributed by atoms with Gasteiger partial charge in [-0.3, -0.25) is 9.78 Å². The Morgan fingerprint density at radius 2 is 2.25 bits per heavy atom. The number of hydrogen-bond acceptors (Lipinski definition) is 4. The molecule has 0 spiro atoms. The molecule has 0 aromatic carbocycles. The normalized spacial score (nSPS) is 16.9. The van der Waals surface area contributed by atoms with Crippen LogP contribution in [0.25, 0.3) is 0 Å². The van der Waals surface area contributed by atoms with Crippen LogP contribution in [-0.4, -0.2) is 67.1 Å². The van der Waals surface area contributed by atoms with Crippen molar-refractivity contribution in [2.45, 2.75) is 12.8 Å². The molecule has 0 aliphatic carbocycles. The van der Waals surface area contributed by atoms with Gasteiger partial charge in [-0.2, -0.15) is 0 Å². The standard InChI is InChI=1S/C15H23N3O2/c1-20-12-4-8-17-7-3-9-18(11-10-17)15(19)14-5-2-6-16-13-14/h2,5-6,13H,3-4,7-12H2,1H3. The van der Waals surface area contributed by atoms with Crippen LogP contribution in [0.15, 0.2) is 24.5 Å². The lowest BCUT2D eigenvalue weighted by molar-refractivity contribution is 0.0760. The summed E-state index contributed by atoms with van der Waals surface area (Å²) in [6.07, 6.45) is 5.41. The summed E-state index contributed by atoms with van der Waals surface area (Å²) in [4.78, 5) is 20.7. The Balaban J connectivity index is 1.85. The topological polar surface area (TPSA) is 45.7 Å². The predicted octanol–water partition coefficient (Wildman–Crippen LogP) is 1.27. The fourth-order valence-corrected chi connectivity index (χ4v) is 2.50. The van der Waals surface area contributed by atoms with Gasteiger partial charge in [-0.05, 0) is 31.5 Å². The number of hydrogen-bond donors (Lipinski definition) is 0. The van der Waals surface area contributed by atoms with E-state index in [1.165, 1.54) is 0 Å². The van der Waals surface area contributed by atoms with Crippen molar-refractivity contribution < 1.29 is 9.53 Å². The Labute approximate surface area is 120 Å². The van der Waals surface area contributed by atoms with Crippen LogP contribution >= 0.6 is 0 Å². The number of amides is 1. The molecular formula is C15H23N3O2. The highest BCUT2D eigenvalue weighted by Crippen LogP contribution is 2.08. The number of carbonyl (C=O) groups is 1. The number of pyridine rings is 1. The minimum absolute atomic E-state index is 0.0943. The fourth-order valence-electron chi connectivity index (χ4n) is 2.50. The third-order valence-electron chi connectivity index (χ3n) is 3.61. The van der Waals surface area contributed by atoms with Gasteiger partial charge in [0.15, 0.2) is 0 Å². The van der Waals surface area contributed by atoms with Crippen molar-refractivity contribution >= 4 is 5.91 Å². The van der Waals surface area contributed by atoms with Crippen molar-refractivity contribution in [3.05, 3.63) is 30.1 Å². The first-order valence-electron chi connectivity index (χ1n) is 7.22. The van der Waals surface area contributed by atoms with E-state index in [1.807, 2.05) is 17.0 Å². The van der Waals surface area contributed by atoms with Crippen molar-refractivity contribution in [1.29, 1.82) is 0 Å². The Hall–Kier alpha value is -1.46. The Kier molecular flexibility index (Phi) is 5.95. The van der Waals surface area contributed by atoms with Gasteiger partial charge in [-0.15, -0.1) is 0 Å². The molecule has 1 aromatic heterocycles. The van der Waals surface area contributed by atoms with Gasteiger partial charge in [0.05, 0.1) is 5.56 Å². The molecule has 2 heterocycles. The molecule has 110 valence electrons. The smallest absolute Gasteiger partial charge is 0.255 e. The summed E-state index contributed by atoms with van der Waals surface area (Å²) in [5.74, 6) is 0.0943. The lowest BCUT2D eigenvalue weighted by atomic mass is 10.2. The number of aromatic nitrogens is 1. The van der Waals surface area contributed by atoms with Gasteiger partial charge in [0.2, 0.25) is 0 Å². The number of methoxy groups -OCH3 is 1. The molecule has 1 aromatic rings. The van der Waals surface area contributed by atoms with Gasteiger partial charge < -0.3 is 14.5 Å². The van der Waals surface area contributed by atoms with E-state index in [4.69, 9.17) is 4.74 Å². The van der Waals surface area contributed by atoms with Crippen molar-refractivity contribution in [1.82, 2.24) is 14.8 Å². The molecule has 1 aliphatic rings. The molecule has 1 amide bonds. The molecule has 0 bridgehead atoms. The third kappa shape index (κ3) is 4.28. The maximum atomic E-state index is 12.4. The molecule has 0 atom stereocenters. The lowest BCUT2D eigenvalue weighted by Gasteiger charge is -2.21. The zero-order chi connectivity index (χ0) is 14.2. The monoisotopic (exact) mass is 277 g/mol. The zero-order valence-electron chi connectivity index (χ0n) is 12.1. The minimum atomic E-state index is 0.0943. The maximum absolute atomic E-state index is 12.4. The van der Waals surface area contributed by atoms with Crippen LogP contribution in [-0.2, 0) is 4.74 Å². The van der Waals surface area contributed by atoms with E-state index in [0.29, 0.717) is 5.56 Å². The summed E-state index contributed by atoms with van der Waals surface area (Å²) in [5.41, 5.74) is 0.681. The van der Waals surface area contributed by atoms with Crippen LogP contribution in [0.2, 0.25) is 0 Å². The van der Waals surface area contributed by atoms with E-state index in [9.17, 15) is 4.79 Å². The Morgan fingerprint density at radius 1 is 1.35 bits per heavy atom. The average molecular weight is 277 g/mol. The van der Waals surface area contributed by atoms with Gasteiger partial charge in [-0.25, -0.2) is 0 Å². The maximum Gasteiger partial charge on any atom is 0.255 e. The van der Waals surface area contributed by atoms with Gasteiger partial charge in [0, 0.05) is 52.3 Å². The predicted molar refractivity (Wildman–Crippen MR) is 77.7 cm³/mol. The minimum Gasteiger partial charge on any atom is -0.385 e. The second-order valence-corrected chi connectivity index (χ2v) is 5.08. The molecule has 0 saturated carbocycles. The highest BCUT2D eigenvalue weighted by molar-refractivity contribution is 5.93. The summed E-state index contributed by atoms with van der Waals surface area (Å²) < 4.78 is 5.08. The van der Waals surface area contributed by atoms with E-state index in [2.05, 4.69) is 9.88 Å². The van der Waals surface area contributed by atoms with E-state index in [-0.39, 0.29) is 5.91 Å². The van der Waals surface area contributed by atoms with Crippen LogP contribution < -0.4 is 0 Å². The number of ether oxygens (including phenoxy) is 1. The van der Waals surface area contributed by atoms with Crippen molar-refractivity contribution in [2.75, 3.05) is 46.4 Å². The highest BCUT2D eigenvalue weighted by Gasteiger charge is 2.19. The largest absolute Gasteiger partial charge is 0.385 e. The summed E-state index contributed by atoms with van der Waals surface area (Å²) in [6, 6.07) is 3.64. The zero-order valence-corrected chi connectivity index (χ0v) is 12.1. The lowest BCUT2D eigenvalue weighted by Crippen LogP contribution is -2.35. The van der Waals surface area contributed by atoms with Crippen molar-refractivity contribution in [3.63, 3.8) is 0 Å². The highest BCUT2D eigenvalue weighted by atomic mass is 16.5. The Morgan fingerprint density at radius 3 is 3.00 bits per heavy atom. The van der Waals surface area contributed by atoms with E-state index in [1.54, 1.807) is 19.5 Å². The molecule has 1 saturated heterocycles. The van der Waals surface area contributed by atoms with Crippen molar-refractivity contribution in [3.8, 4) is 0 Å². The van der Waals surface area contributed by atoms with Gasteiger partial charge in [-0.1, -0.05) is 0 Å². The molecular weight excluding hydrogens is 254 g/mol. The molecule has 0 N–H and O–H groups in total. The molecule has 0 unspecified atom stereocenters. The summed E-state index contributed by atoms with van der Waals surface area (Å²) >= 11 is 0. The van der Waals surface area contributed by atoms with E-state index >= 15 is 0 Å². The third-order valence-corrected chi connectivity index (χ3v) is 3.61. The first-order valence-corrected chi connectivity index (χ1v) is 7.22. The molecule has 5 nitrogen and oxygen atoms in total. The van der Waals surface area contributed by atoms with Crippen LogP contribution in [0.1, 0.15) is 23.2 Å². The fraction of sp³-hybridized carbons (Fsp3) is 0.600. The number of nitrogens with zero attached hydrogens (tertiary/aromatic N) is 3. The molecule has 20 heavy (non-hydrogen) atoms. The second-order valence-electron chi connectivity index (χ2n) is 5.08. The molecule has 2 rings (SSSR count). The van der Waals surface area contributed by atoms with Crippen molar-refractivity contribution in [2.24, 2.45) is 0 Å². The molecule has 1 fully saturated rings. The van der Waals surface area contributed by atoms with E-state index < -0.39 is 0 Å². The summed E-state index contributed by atoms with van der Waals surface area (Å²) in [6.45, 7) is 5.46. The van der Waals surface area contributed by atoms with Gasteiger partial charge in [0.1, 0.15) is 0 Å². The number of carbonyl (C=O) groups excluding carboxylic acids is 1. The quantitative estimate of drug-likeness (QED) is 0.760. The first kappa shape index (κ1) is 14.9. The summed E-state index contributed by atoms with van der Waals surface area (Å²) in [5, 5.41) is 0. The number of rotatable bonds is 5. The van der Waals surface area contributed by atoms with Crippen LogP contribution in [0.3, 0.4) is 0 Å². The van der Waals surface area contributed by atoms with Crippen LogP contribution in [0, 0.1) is 0 Å². The first-order chi connectivity index (χ1) is 9.81. The molecule has 0 radical (unpaired) electrons. The average Bonchev–Trinajstić information content (AvgIpc) is 2.73. The Bertz CT molecular complexity index is 411. The van der Waals surface area contributed by atoms with Crippen LogP contribution in [0.5, 0.6) is 0 Å². The SMILES string of the molecule is COCCCN1CCCN(C(=O)c2cccnc2)CC1. The second kappa shape index (κ2) is 7.97. The van der Waals surface area contributed by atoms with Gasteiger partial charge in [0.25, 0.3) is 5.91 Å². The summed E-state index contributed by atoms with van der Waals surface area (Å²) in [7, 11) is 1.73.